The smallest absolute Gasteiger partial charge is 0.266 e. The van der Waals surface area contributed by atoms with Gasteiger partial charge in [0.2, 0.25) is 0 Å². The molecule has 4 aromatic rings. The summed E-state index contributed by atoms with van der Waals surface area (Å²) < 4.78 is 7.73. The van der Waals surface area contributed by atoms with E-state index in [0.717, 1.165) is 14.9 Å². The van der Waals surface area contributed by atoms with Gasteiger partial charge in [-0.05, 0) is 76.7 Å². The van der Waals surface area contributed by atoms with Crippen molar-refractivity contribution in [3.63, 3.8) is 0 Å². The number of para-hydroxylation sites is 1. The first-order valence-electron chi connectivity index (χ1n) is 8.86. The number of hydrogen-bond acceptors (Lipinski definition) is 3. The average molecular weight is 515 g/mol. The van der Waals surface area contributed by atoms with E-state index in [1.807, 2.05) is 72.8 Å². The average Bonchev–Trinajstić information content (AvgIpc) is 2.74. The normalized spacial score (nSPS) is 11.3. The second-order valence-electron chi connectivity index (χ2n) is 6.33. The molecule has 4 rings (SSSR count). The van der Waals surface area contributed by atoms with Gasteiger partial charge in [0.1, 0.15) is 11.6 Å². The minimum absolute atomic E-state index is 0.156. The summed E-state index contributed by atoms with van der Waals surface area (Å²) in [6.07, 6.45) is 3.73. The fourth-order valence-corrected chi connectivity index (χ4v) is 3.75. The quantitative estimate of drug-likeness (QED) is 0.322. The molecular weight excluding hydrogens is 499 g/mol. The lowest BCUT2D eigenvalue weighted by Gasteiger charge is -2.13. The molecule has 0 fully saturated rings. The summed E-state index contributed by atoms with van der Waals surface area (Å²) >= 11 is 8.60. The maximum atomic E-state index is 13.4. The van der Waals surface area contributed by atoms with Crippen LogP contribution in [0, 0.1) is 3.57 Å². The largest absolute Gasteiger partial charge is 0.497 e. The lowest BCUT2D eigenvalue weighted by molar-refractivity contribution is 0.415. The van der Waals surface area contributed by atoms with E-state index in [-0.39, 0.29) is 5.56 Å². The van der Waals surface area contributed by atoms with Crippen molar-refractivity contribution >= 4 is 57.2 Å². The standard InChI is InChI=1S/C23H16ClIN2O2/c1-29-17-10-6-15(7-11-17)8-13-22-26-20-12-9-16(25)14-18(20)23(28)27(22)21-5-3-2-4-19(21)24/h2-14H,1H3/b13-8-. The van der Waals surface area contributed by atoms with Gasteiger partial charge in [-0.3, -0.25) is 9.36 Å². The molecule has 0 aliphatic heterocycles. The Morgan fingerprint density at radius 1 is 1.03 bits per heavy atom. The number of rotatable bonds is 4. The van der Waals surface area contributed by atoms with E-state index in [0.29, 0.717) is 27.4 Å². The van der Waals surface area contributed by atoms with Gasteiger partial charge in [-0.1, -0.05) is 41.9 Å². The Bertz CT molecular complexity index is 1280. The molecule has 0 aliphatic carbocycles. The maximum Gasteiger partial charge on any atom is 0.266 e. The highest BCUT2D eigenvalue weighted by Gasteiger charge is 2.13. The summed E-state index contributed by atoms with van der Waals surface area (Å²) in [4.78, 5) is 18.1. The van der Waals surface area contributed by atoms with E-state index in [9.17, 15) is 4.79 Å². The van der Waals surface area contributed by atoms with Gasteiger partial charge in [0.15, 0.2) is 0 Å². The molecule has 1 aromatic heterocycles. The summed E-state index contributed by atoms with van der Waals surface area (Å²) in [7, 11) is 1.63. The van der Waals surface area contributed by atoms with Crippen molar-refractivity contribution in [2.24, 2.45) is 0 Å². The van der Waals surface area contributed by atoms with E-state index in [1.165, 1.54) is 0 Å². The number of halogens is 2. The molecule has 4 nitrogen and oxygen atoms in total. The predicted octanol–water partition coefficient (Wildman–Crippen LogP) is 5.82. The van der Waals surface area contributed by atoms with E-state index >= 15 is 0 Å². The Morgan fingerprint density at radius 3 is 2.52 bits per heavy atom. The molecule has 0 amide bonds. The molecule has 0 saturated carbocycles. The fourth-order valence-electron chi connectivity index (χ4n) is 3.04. The maximum absolute atomic E-state index is 13.4. The number of hydrogen-bond donors (Lipinski definition) is 0. The fraction of sp³-hybridized carbons (Fsp3) is 0.0435. The van der Waals surface area contributed by atoms with E-state index in [4.69, 9.17) is 21.3 Å². The lowest BCUT2D eigenvalue weighted by Crippen LogP contribution is -2.22. The van der Waals surface area contributed by atoms with Crippen LogP contribution in [0.3, 0.4) is 0 Å². The Labute approximate surface area is 186 Å². The zero-order valence-electron chi connectivity index (χ0n) is 15.5. The van der Waals surface area contributed by atoms with Crippen molar-refractivity contribution in [1.29, 1.82) is 0 Å². The Kier molecular flexibility index (Phi) is 5.69. The summed E-state index contributed by atoms with van der Waals surface area (Å²) in [6.45, 7) is 0. The van der Waals surface area contributed by atoms with Gasteiger partial charge in [-0.25, -0.2) is 4.98 Å². The monoisotopic (exact) mass is 514 g/mol. The molecule has 0 N–H and O–H groups in total. The van der Waals surface area contributed by atoms with Crippen molar-refractivity contribution in [3.8, 4) is 11.4 Å². The van der Waals surface area contributed by atoms with Gasteiger partial charge in [0.05, 0.1) is 28.7 Å². The minimum atomic E-state index is -0.156. The predicted molar refractivity (Wildman–Crippen MR) is 127 cm³/mol. The second-order valence-corrected chi connectivity index (χ2v) is 7.98. The SMILES string of the molecule is COc1ccc(/C=C\c2nc3ccc(I)cc3c(=O)n2-c2ccccc2Cl)cc1. The molecule has 0 atom stereocenters. The molecule has 1 heterocycles. The van der Waals surface area contributed by atoms with Crippen LogP contribution in [-0.2, 0) is 0 Å². The second kappa shape index (κ2) is 8.39. The van der Waals surface area contributed by atoms with Gasteiger partial charge in [0, 0.05) is 3.57 Å². The number of methoxy groups -OCH3 is 1. The van der Waals surface area contributed by atoms with Crippen LogP contribution in [0.25, 0.3) is 28.7 Å². The highest BCUT2D eigenvalue weighted by atomic mass is 127. The van der Waals surface area contributed by atoms with Crippen LogP contribution in [-0.4, -0.2) is 16.7 Å². The first kappa shape index (κ1) is 19.7. The summed E-state index contributed by atoms with van der Waals surface area (Å²) in [5, 5.41) is 1.04. The third-order valence-electron chi connectivity index (χ3n) is 4.49. The van der Waals surface area contributed by atoms with Gasteiger partial charge >= 0.3 is 0 Å². The third kappa shape index (κ3) is 4.06. The number of fused-ring (bicyclic) bond motifs is 1. The van der Waals surface area contributed by atoms with Gasteiger partial charge in [-0.15, -0.1) is 0 Å². The first-order chi connectivity index (χ1) is 14.1. The van der Waals surface area contributed by atoms with Crippen LogP contribution >= 0.6 is 34.2 Å². The molecule has 0 bridgehead atoms. The Hall–Kier alpha value is -2.64. The summed E-state index contributed by atoms with van der Waals surface area (Å²) in [6, 6.07) is 20.6. The molecule has 0 radical (unpaired) electrons. The molecule has 0 unspecified atom stereocenters. The summed E-state index contributed by atoms with van der Waals surface area (Å²) in [5.74, 6) is 1.29. The Morgan fingerprint density at radius 2 is 1.79 bits per heavy atom. The molecular formula is C23H16ClIN2O2. The van der Waals surface area contributed by atoms with Crippen LogP contribution in [0.4, 0.5) is 0 Å². The summed E-state index contributed by atoms with van der Waals surface area (Å²) in [5.41, 5.74) is 2.05. The van der Waals surface area contributed by atoms with E-state index < -0.39 is 0 Å². The number of benzene rings is 3. The van der Waals surface area contributed by atoms with E-state index in [2.05, 4.69) is 22.6 Å². The highest BCUT2D eigenvalue weighted by Crippen LogP contribution is 2.23. The van der Waals surface area contributed by atoms with Gasteiger partial charge in [-0.2, -0.15) is 0 Å². The topological polar surface area (TPSA) is 44.1 Å². The van der Waals surface area contributed by atoms with Crippen molar-refractivity contribution < 1.29 is 4.74 Å². The first-order valence-corrected chi connectivity index (χ1v) is 10.3. The molecule has 144 valence electrons. The van der Waals surface area contributed by atoms with Crippen molar-refractivity contribution in [2.45, 2.75) is 0 Å². The van der Waals surface area contributed by atoms with Crippen LogP contribution in [0.1, 0.15) is 11.4 Å². The number of ether oxygens (including phenoxy) is 1. The third-order valence-corrected chi connectivity index (χ3v) is 5.48. The molecule has 6 heteroatoms. The van der Waals surface area contributed by atoms with Crippen molar-refractivity contribution in [2.75, 3.05) is 7.11 Å². The van der Waals surface area contributed by atoms with Crippen molar-refractivity contribution in [1.82, 2.24) is 9.55 Å². The number of aromatic nitrogens is 2. The van der Waals surface area contributed by atoms with Crippen LogP contribution in [0.15, 0.2) is 71.5 Å². The van der Waals surface area contributed by atoms with E-state index in [1.54, 1.807) is 17.7 Å². The molecule has 3 aromatic carbocycles. The van der Waals surface area contributed by atoms with Crippen molar-refractivity contribution in [3.05, 3.63) is 97.1 Å². The molecule has 0 aliphatic rings. The zero-order valence-corrected chi connectivity index (χ0v) is 18.4. The minimum Gasteiger partial charge on any atom is -0.497 e. The van der Waals surface area contributed by atoms with Gasteiger partial charge < -0.3 is 4.74 Å². The van der Waals surface area contributed by atoms with Crippen LogP contribution in [0.5, 0.6) is 5.75 Å². The lowest BCUT2D eigenvalue weighted by atomic mass is 10.2. The zero-order chi connectivity index (χ0) is 20.4. The van der Waals surface area contributed by atoms with Crippen LogP contribution in [0.2, 0.25) is 5.02 Å². The Balaban J connectivity index is 1.92. The van der Waals surface area contributed by atoms with Crippen LogP contribution < -0.4 is 10.3 Å². The molecule has 0 spiro atoms. The van der Waals surface area contributed by atoms with Gasteiger partial charge in [0.25, 0.3) is 5.56 Å². The number of nitrogens with zero attached hydrogens (tertiary/aromatic N) is 2. The molecule has 0 saturated heterocycles. The molecule has 29 heavy (non-hydrogen) atoms. The highest BCUT2D eigenvalue weighted by molar-refractivity contribution is 14.1.